The Hall–Kier alpha value is -0.890. The van der Waals surface area contributed by atoms with E-state index in [0.717, 1.165) is 4.48 Å². The zero-order chi connectivity index (χ0) is 9.03. The van der Waals surface area contributed by atoms with Crippen LogP contribution in [0.5, 0.6) is 0 Å². The van der Waals surface area contributed by atoms with Gasteiger partial charge < -0.3 is 9.19 Å². The van der Waals surface area contributed by atoms with Gasteiger partial charge >= 0.3 is 0 Å². The molecule has 74 valence electrons. The van der Waals surface area contributed by atoms with Gasteiger partial charge in [-0.25, -0.2) is 0 Å². The Morgan fingerprint density at radius 1 is 1.00 bits per heavy atom. The van der Waals surface area contributed by atoms with Crippen LogP contribution in [0.15, 0.2) is 30.3 Å². The molecular formula is C11H18FN. The van der Waals surface area contributed by atoms with Crippen LogP contribution in [0.3, 0.4) is 0 Å². The maximum absolute atomic E-state index is 2.23. The summed E-state index contributed by atoms with van der Waals surface area (Å²) in [6, 6.07) is 10.6. The van der Waals surface area contributed by atoms with E-state index in [9.17, 15) is 0 Å². The number of quaternary nitrogens is 1. The van der Waals surface area contributed by atoms with Gasteiger partial charge in [0.05, 0.1) is 27.7 Å². The monoisotopic (exact) mass is 183 g/mol. The predicted octanol–water partition coefficient (Wildman–Crippen LogP) is -1.06. The number of benzene rings is 1. The number of halogens is 1. The van der Waals surface area contributed by atoms with Crippen molar-refractivity contribution in [2.45, 2.75) is 6.42 Å². The van der Waals surface area contributed by atoms with Crippen LogP contribution in [0.1, 0.15) is 5.56 Å². The van der Waals surface area contributed by atoms with Crippen molar-refractivity contribution in [3.8, 4) is 0 Å². The first-order chi connectivity index (χ1) is 5.58. The average Bonchev–Trinajstić information content (AvgIpc) is 2.02. The molecule has 1 nitrogen and oxygen atoms in total. The molecule has 0 radical (unpaired) electrons. The molecule has 0 aliphatic heterocycles. The molecule has 0 saturated heterocycles. The molecule has 1 aromatic rings. The van der Waals surface area contributed by atoms with Gasteiger partial charge in [0.25, 0.3) is 0 Å². The van der Waals surface area contributed by atoms with E-state index >= 15 is 0 Å². The molecule has 0 N–H and O–H groups in total. The van der Waals surface area contributed by atoms with E-state index in [-0.39, 0.29) is 4.70 Å². The minimum Gasteiger partial charge on any atom is -1.00 e. The maximum atomic E-state index is 2.23. The van der Waals surface area contributed by atoms with Gasteiger partial charge in [0.15, 0.2) is 0 Å². The Kier molecular flexibility index (Phi) is 4.63. The van der Waals surface area contributed by atoms with Gasteiger partial charge in [-0.1, -0.05) is 30.3 Å². The summed E-state index contributed by atoms with van der Waals surface area (Å²) < 4.78 is 1.04. The normalized spacial score (nSPS) is 10.7. The van der Waals surface area contributed by atoms with E-state index in [1.807, 2.05) is 0 Å². The molecule has 1 aromatic carbocycles. The molecule has 0 aliphatic rings. The van der Waals surface area contributed by atoms with Gasteiger partial charge in [-0.15, -0.1) is 0 Å². The summed E-state index contributed by atoms with van der Waals surface area (Å²) in [5.41, 5.74) is 1.44. The average molecular weight is 183 g/mol. The summed E-state index contributed by atoms with van der Waals surface area (Å²) >= 11 is 0. The maximum Gasteiger partial charge on any atom is 0.0821 e. The molecule has 0 bridgehead atoms. The van der Waals surface area contributed by atoms with E-state index in [1.165, 1.54) is 18.5 Å². The number of hydrogen-bond donors (Lipinski definition) is 0. The van der Waals surface area contributed by atoms with Gasteiger partial charge in [0, 0.05) is 6.42 Å². The highest BCUT2D eigenvalue weighted by Crippen LogP contribution is 2.02. The van der Waals surface area contributed by atoms with Gasteiger partial charge in [-0.3, -0.25) is 0 Å². The largest absolute Gasteiger partial charge is 1.00 e. The molecule has 0 heterocycles. The Balaban J connectivity index is 0.00000144. The second-order valence-corrected chi connectivity index (χ2v) is 4.25. The van der Waals surface area contributed by atoms with Gasteiger partial charge in [0.2, 0.25) is 0 Å². The van der Waals surface area contributed by atoms with Gasteiger partial charge in [-0.2, -0.15) is 0 Å². The minimum absolute atomic E-state index is 0. The van der Waals surface area contributed by atoms with E-state index in [1.54, 1.807) is 0 Å². The molecule has 0 atom stereocenters. The topological polar surface area (TPSA) is 0 Å². The van der Waals surface area contributed by atoms with Crippen molar-refractivity contribution < 1.29 is 9.19 Å². The van der Waals surface area contributed by atoms with Crippen molar-refractivity contribution in [3.63, 3.8) is 0 Å². The second kappa shape index (κ2) is 4.97. The summed E-state index contributed by atoms with van der Waals surface area (Å²) in [4.78, 5) is 0. The molecule has 1 rings (SSSR count). The first-order valence-electron chi connectivity index (χ1n) is 4.42. The first-order valence-corrected chi connectivity index (χ1v) is 4.42. The van der Waals surface area contributed by atoms with Crippen LogP contribution in [0.2, 0.25) is 0 Å². The summed E-state index contributed by atoms with van der Waals surface area (Å²) in [5.74, 6) is 0. The van der Waals surface area contributed by atoms with Crippen LogP contribution < -0.4 is 4.70 Å². The summed E-state index contributed by atoms with van der Waals surface area (Å²) in [6.45, 7) is 1.20. The molecule has 13 heavy (non-hydrogen) atoms. The Morgan fingerprint density at radius 2 is 1.54 bits per heavy atom. The third kappa shape index (κ3) is 5.36. The summed E-state index contributed by atoms with van der Waals surface area (Å²) in [7, 11) is 6.68. The number of likely N-dealkylation sites (N-methyl/N-ethyl adjacent to an activating group) is 1. The zero-order valence-electron chi connectivity index (χ0n) is 8.63. The van der Waals surface area contributed by atoms with E-state index in [0.29, 0.717) is 0 Å². The lowest BCUT2D eigenvalue weighted by Gasteiger charge is -2.23. The zero-order valence-corrected chi connectivity index (χ0v) is 8.63. The van der Waals surface area contributed by atoms with Crippen molar-refractivity contribution in [3.05, 3.63) is 35.9 Å². The van der Waals surface area contributed by atoms with Gasteiger partial charge in [-0.05, 0) is 5.56 Å². The van der Waals surface area contributed by atoms with Crippen molar-refractivity contribution in [2.24, 2.45) is 0 Å². The SMILES string of the molecule is C[N+](C)(C)CCc1ccccc1.[F-]. The van der Waals surface area contributed by atoms with Crippen LogP contribution in [0.4, 0.5) is 0 Å². The van der Waals surface area contributed by atoms with Crippen molar-refractivity contribution >= 4 is 0 Å². The fourth-order valence-electron chi connectivity index (χ4n) is 1.11. The molecule has 0 saturated carbocycles. The number of nitrogens with zero attached hydrogens (tertiary/aromatic N) is 1. The van der Waals surface area contributed by atoms with Crippen molar-refractivity contribution in [2.75, 3.05) is 27.7 Å². The van der Waals surface area contributed by atoms with Crippen LogP contribution in [0, 0.1) is 0 Å². The molecule has 0 aromatic heterocycles. The third-order valence-electron chi connectivity index (χ3n) is 1.91. The molecule has 0 fully saturated rings. The van der Waals surface area contributed by atoms with Crippen molar-refractivity contribution in [1.29, 1.82) is 0 Å². The smallest absolute Gasteiger partial charge is 0.0821 e. The molecule has 0 aliphatic carbocycles. The Bertz CT molecular complexity index is 226. The first kappa shape index (κ1) is 12.1. The third-order valence-corrected chi connectivity index (χ3v) is 1.91. The quantitative estimate of drug-likeness (QED) is 0.524. The van der Waals surface area contributed by atoms with Crippen molar-refractivity contribution in [1.82, 2.24) is 0 Å². The van der Waals surface area contributed by atoms with Gasteiger partial charge in [0.1, 0.15) is 0 Å². The lowest BCUT2D eigenvalue weighted by Crippen LogP contribution is -3.00. The molecule has 0 spiro atoms. The minimum atomic E-state index is 0. The van der Waals surface area contributed by atoms with E-state index in [2.05, 4.69) is 51.5 Å². The number of hydrogen-bond acceptors (Lipinski definition) is 0. The van der Waals surface area contributed by atoms with Crippen LogP contribution in [0.25, 0.3) is 0 Å². The van der Waals surface area contributed by atoms with Crippen LogP contribution in [-0.2, 0) is 6.42 Å². The highest BCUT2D eigenvalue weighted by Gasteiger charge is 2.05. The summed E-state index contributed by atoms with van der Waals surface area (Å²) in [6.07, 6.45) is 1.17. The molecular weight excluding hydrogens is 165 g/mol. The summed E-state index contributed by atoms with van der Waals surface area (Å²) in [5, 5.41) is 0. The number of rotatable bonds is 3. The predicted molar refractivity (Wildman–Crippen MR) is 53.0 cm³/mol. The van der Waals surface area contributed by atoms with Crippen LogP contribution in [-0.4, -0.2) is 32.2 Å². The Morgan fingerprint density at radius 3 is 2.00 bits per heavy atom. The van der Waals surface area contributed by atoms with Crippen LogP contribution >= 0.6 is 0 Å². The standard InChI is InChI=1S/C11H18N.FH/c1-12(2,3)10-9-11-7-5-4-6-8-11;/h4-8H,9-10H2,1-3H3;1H/q+1;/p-1. The molecule has 0 amide bonds. The highest BCUT2D eigenvalue weighted by molar-refractivity contribution is 5.14. The molecule has 0 unspecified atom stereocenters. The second-order valence-electron chi connectivity index (χ2n) is 4.25. The van der Waals surface area contributed by atoms with E-state index in [4.69, 9.17) is 0 Å². The highest BCUT2D eigenvalue weighted by atomic mass is 19.0. The van der Waals surface area contributed by atoms with E-state index < -0.39 is 0 Å². The Labute approximate surface area is 80.0 Å². The molecule has 2 heteroatoms. The fraction of sp³-hybridized carbons (Fsp3) is 0.455. The fourth-order valence-corrected chi connectivity index (χ4v) is 1.11. The lowest BCUT2D eigenvalue weighted by atomic mass is 10.1. The lowest BCUT2D eigenvalue weighted by molar-refractivity contribution is -0.870.